The lowest BCUT2D eigenvalue weighted by atomic mass is 9.78. The van der Waals surface area contributed by atoms with Crippen LogP contribution in [0.2, 0.25) is 5.02 Å². The topological polar surface area (TPSA) is 51.0 Å². The van der Waals surface area contributed by atoms with Crippen molar-refractivity contribution in [3.05, 3.63) is 29.3 Å². The van der Waals surface area contributed by atoms with Crippen molar-refractivity contribution in [3.8, 4) is 11.4 Å². The van der Waals surface area contributed by atoms with Crippen molar-refractivity contribution >= 4 is 29.3 Å². The van der Waals surface area contributed by atoms with Gasteiger partial charge in [-0.25, -0.2) is 0 Å². The van der Waals surface area contributed by atoms with E-state index in [0.29, 0.717) is 22.7 Å². The zero-order chi connectivity index (χ0) is 18.8. The number of amides is 1. The van der Waals surface area contributed by atoms with E-state index in [9.17, 15) is 4.79 Å². The number of carbonyl (C=O) groups excluding carboxylic acids is 1. The van der Waals surface area contributed by atoms with Crippen molar-refractivity contribution in [3.63, 3.8) is 0 Å². The van der Waals surface area contributed by atoms with Crippen LogP contribution in [0.4, 0.5) is 0 Å². The molecule has 2 aromatic rings. The molecule has 2 heterocycles. The fourth-order valence-corrected chi connectivity index (χ4v) is 5.48. The van der Waals surface area contributed by atoms with Crippen molar-refractivity contribution in [2.75, 3.05) is 12.3 Å². The van der Waals surface area contributed by atoms with Gasteiger partial charge in [0.1, 0.15) is 0 Å². The van der Waals surface area contributed by atoms with Crippen LogP contribution in [0, 0.1) is 5.92 Å². The van der Waals surface area contributed by atoms with Gasteiger partial charge in [0.05, 0.1) is 10.8 Å². The number of piperidine rings is 1. The molecule has 27 heavy (non-hydrogen) atoms. The lowest BCUT2D eigenvalue weighted by Gasteiger charge is -2.44. The Morgan fingerprint density at radius 3 is 2.81 bits per heavy atom. The molecule has 1 saturated heterocycles. The van der Waals surface area contributed by atoms with Crippen molar-refractivity contribution in [1.82, 2.24) is 19.7 Å². The maximum absolute atomic E-state index is 12.9. The molecular formula is C20H25ClN4OS. The molecule has 0 N–H and O–H groups in total. The molecule has 1 aliphatic heterocycles. The van der Waals surface area contributed by atoms with Crippen LogP contribution in [0.25, 0.3) is 11.4 Å². The highest BCUT2D eigenvalue weighted by Gasteiger charge is 2.35. The number of nitrogens with zero attached hydrogens (tertiary/aromatic N) is 4. The summed E-state index contributed by atoms with van der Waals surface area (Å²) in [6.07, 6.45) is 7.45. The lowest BCUT2D eigenvalue weighted by Crippen LogP contribution is -2.50. The summed E-state index contributed by atoms with van der Waals surface area (Å²) in [5.41, 5.74) is 0.855. The van der Waals surface area contributed by atoms with Gasteiger partial charge in [-0.2, -0.15) is 0 Å². The molecule has 1 saturated carbocycles. The molecular weight excluding hydrogens is 380 g/mol. The number of benzene rings is 1. The molecule has 0 bridgehead atoms. The first kappa shape index (κ1) is 18.8. The van der Waals surface area contributed by atoms with Gasteiger partial charge in [-0.1, -0.05) is 48.3 Å². The van der Waals surface area contributed by atoms with E-state index in [1.54, 1.807) is 0 Å². The third-order valence-corrected chi connectivity index (χ3v) is 7.17. The molecule has 1 aliphatic carbocycles. The van der Waals surface area contributed by atoms with Gasteiger partial charge in [0, 0.05) is 25.2 Å². The number of thioether (sulfide) groups is 1. The first-order valence-electron chi connectivity index (χ1n) is 9.71. The molecule has 2 unspecified atom stereocenters. The first-order valence-corrected chi connectivity index (χ1v) is 11.1. The monoisotopic (exact) mass is 404 g/mol. The number of aromatic nitrogens is 3. The summed E-state index contributed by atoms with van der Waals surface area (Å²) in [5, 5.41) is 9.96. The number of hydrogen-bond donors (Lipinski definition) is 0. The van der Waals surface area contributed by atoms with E-state index >= 15 is 0 Å². The number of hydrogen-bond acceptors (Lipinski definition) is 4. The zero-order valence-corrected chi connectivity index (χ0v) is 17.2. The highest BCUT2D eigenvalue weighted by Crippen LogP contribution is 2.36. The summed E-state index contributed by atoms with van der Waals surface area (Å²) < 4.78 is 1.92. The van der Waals surface area contributed by atoms with Gasteiger partial charge in [0.2, 0.25) is 5.91 Å². The molecule has 2 aliphatic rings. The Labute approximate surface area is 169 Å². The van der Waals surface area contributed by atoms with E-state index in [1.165, 1.54) is 43.9 Å². The van der Waals surface area contributed by atoms with Gasteiger partial charge in [-0.3, -0.25) is 4.79 Å². The molecule has 4 rings (SSSR count). The van der Waals surface area contributed by atoms with Crippen LogP contribution in [-0.4, -0.2) is 43.9 Å². The van der Waals surface area contributed by atoms with Crippen LogP contribution in [0.1, 0.15) is 38.5 Å². The number of rotatable bonds is 4. The minimum Gasteiger partial charge on any atom is -0.339 e. The minimum absolute atomic E-state index is 0.235. The highest BCUT2D eigenvalue weighted by atomic mass is 35.5. The number of carbonyl (C=O) groups is 1. The number of halogens is 1. The average molecular weight is 405 g/mol. The van der Waals surface area contributed by atoms with Crippen LogP contribution < -0.4 is 0 Å². The Bertz CT molecular complexity index is 822. The Kier molecular flexibility index (Phi) is 5.74. The second kappa shape index (κ2) is 8.23. The van der Waals surface area contributed by atoms with Crippen LogP contribution >= 0.6 is 23.4 Å². The highest BCUT2D eigenvalue weighted by molar-refractivity contribution is 7.99. The van der Waals surface area contributed by atoms with Crippen molar-refractivity contribution in [2.45, 2.75) is 49.7 Å². The summed E-state index contributed by atoms with van der Waals surface area (Å²) in [6, 6.07) is 8.07. The molecule has 0 spiro atoms. The van der Waals surface area contributed by atoms with E-state index < -0.39 is 0 Å². The number of fused-ring (bicyclic) bond motifs is 1. The molecule has 2 atom stereocenters. The van der Waals surface area contributed by atoms with Crippen LogP contribution in [0.3, 0.4) is 0 Å². The molecule has 1 aromatic heterocycles. The summed E-state index contributed by atoms with van der Waals surface area (Å²) >= 11 is 7.75. The van der Waals surface area contributed by atoms with Crippen molar-refractivity contribution < 1.29 is 4.79 Å². The summed E-state index contributed by atoms with van der Waals surface area (Å²) in [4.78, 5) is 15.0. The summed E-state index contributed by atoms with van der Waals surface area (Å²) in [6.45, 7) is 0.907. The fraction of sp³-hybridized carbons (Fsp3) is 0.550. The van der Waals surface area contributed by atoms with E-state index in [0.717, 1.165) is 29.5 Å². The predicted octanol–water partition coefficient (Wildman–Crippen LogP) is 4.41. The quantitative estimate of drug-likeness (QED) is 0.708. The first-order chi connectivity index (χ1) is 13.1. The third kappa shape index (κ3) is 3.87. The van der Waals surface area contributed by atoms with Gasteiger partial charge in [-0.05, 0) is 43.7 Å². The van der Waals surface area contributed by atoms with E-state index in [-0.39, 0.29) is 5.91 Å². The van der Waals surface area contributed by atoms with Crippen molar-refractivity contribution in [1.29, 1.82) is 0 Å². The molecule has 7 heteroatoms. The van der Waals surface area contributed by atoms with Gasteiger partial charge in [0.25, 0.3) is 0 Å². The Balaban J connectivity index is 1.43. The lowest BCUT2D eigenvalue weighted by molar-refractivity contribution is -0.134. The van der Waals surface area contributed by atoms with Crippen molar-refractivity contribution in [2.24, 2.45) is 13.0 Å². The third-order valence-electron chi connectivity index (χ3n) is 5.84. The van der Waals surface area contributed by atoms with Gasteiger partial charge < -0.3 is 9.47 Å². The fourth-order valence-electron chi connectivity index (χ4n) is 4.46. The number of likely N-dealkylation sites (tertiary alicyclic amines) is 1. The standard InChI is InChI=1S/C20H25ClN4OS/c1-24-19(15-9-3-4-10-16(15)21)22-23-20(24)27-13-18(26)25-12-6-8-14-7-2-5-11-17(14)25/h3-4,9-10,14,17H,2,5-8,11-13H2,1H3. The average Bonchev–Trinajstić information content (AvgIpc) is 3.06. The second-order valence-corrected chi connectivity index (χ2v) is 8.82. The SMILES string of the molecule is Cn1c(SCC(=O)N2CCCC3CCCCC32)nnc1-c1ccccc1Cl. The Morgan fingerprint density at radius 1 is 1.19 bits per heavy atom. The molecule has 2 fully saturated rings. The molecule has 5 nitrogen and oxygen atoms in total. The summed E-state index contributed by atoms with van der Waals surface area (Å²) in [7, 11) is 1.92. The Morgan fingerprint density at radius 2 is 1.96 bits per heavy atom. The normalized spacial score (nSPS) is 22.5. The predicted molar refractivity (Wildman–Crippen MR) is 109 cm³/mol. The largest absolute Gasteiger partial charge is 0.339 e. The zero-order valence-electron chi connectivity index (χ0n) is 15.6. The van der Waals surface area contributed by atoms with Crippen LogP contribution in [-0.2, 0) is 11.8 Å². The summed E-state index contributed by atoms with van der Waals surface area (Å²) in [5.74, 6) is 2.08. The minimum atomic E-state index is 0.235. The second-order valence-electron chi connectivity index (χ2n) is 7.47. The van der Waals surface area contributed by atoms with Crippen LogP contribution in [0.5, 0.6) is 0 Å². The van der Waals surface area contributed by atoms with E-state index in [4.69, 9.17) is 11.6 Å². The molecule has 0 radical (unpaired) electrons. The maximum Gasteiger partial charge on any atom is 0.233 e. The van der Waals surface area contributed by atoms with E-state index in [1.807, 2.05) is 35.9 Å². The van der Waals surface area contributed by atoms with Gasteiger partial charge in [0.15, 0.2) is 11.0 Å². The van der Waals surface area contributed by atoms with Gasteiger partial charge in [-0.15, -0.1) is 10.2 Å². The van der Waals surface area contributed by atoms with E-state index in [2.05, 4.69) is 15.1 Å². The smallest absolute Gasteiger partial charge is 0.233 e. The van der Waals surface area contributed by atoms with Crippen LogP contribution in [0.15, 0.2) is 29.4 Å². The molecule has 1 aromatic carbocycles. The Hall–Kier alpha value is -1.53. The molecule has 1 amide bonds. The van der Waals surface area contributed by atoms with Gasteiger partial charge >= 0.3 is 0 Å². The molecule has 144 valence electrons. The maximum atomic E-state index is 12.9.